The highest BCUT2D eigenvalue weighted by atomic mass is 35.5. The molecule has 246 valence electrons. The molecule has 1 aromatic heterocycles. The molecule has 2 aliphatic heterocycles. The van der Waals surface area contributed by atoms with Crippen molar-refractivity contribution in [1.29, 1.82) is 0 Å². The number of carbonyl (C=O) groups is 4. The van der Waals surface area contributed by atoms with Crippen LogP contribution in [0.3, 0.4) is 0 Å². The summed E-state index contributed by atoms with van der Waals surface area (Å²) in [7, 11) is 3.42. The van der Waals surface area contributed by atoms with E-state index < -0.39 is 29.6 Å². The van der Waals surface area contributed by atoms with E-state index in [1.165, 1.54) is 69.4 Å². The molecule has 0 aliphatic carbocycles. The number of rotatable bonds is 7. The second-order valence-electron chi connectivity index (χ2n) is 11.4. The van der Waals surface area contributed by atoms with Gasteiger partial charge in [0.2, 0.25) is 11.8 Å². The van der Waals surface area contributed by atoms with Gasteiger partial charge in [-0.1, -0.05) is 23.7 Å². The minimum atomic E-state index is -1.12. The molecule has 1 fully saturated rings. The molecule has 13 nitrogen and oxygen atoms in total. The number of hydrogen-bond donors (Lipinski definition) is 1. The molecular weight excluding hydrogens is 643 g/mol. The van der Waals surface area contributed by atoms with Gasteiger partial charge in [-0.15, -0.1) is 5.10 Å². The van der Waals surface area contributed by atoms with Gasteiger partial charge in [0.1, 0.15) is 12.4 Å². The van der Waals surface area contributed by atoms with Gasteiger partial charge in [0, 0.05) is 49.7 Å². The van der Waals surface area contributed by atoms with E-state index in [0.29, 0.717) is 36.4 Å². The summed E-state index contributed by atoms with van der Waals surface area (Å²) >= 11 is 6.07. The predicted octanol–water partition coefficient (Wildman–Crippen LogP) is 3.23. The SMILES string of the molecule is CN1CCN(c2cccc3c2CCN(C(=O)/C=C/c2c(-n4cnnn4)ccc(Cl)c2F)C3C(=O)N(C)c2ccc(C(=O)O)cc2)C(=O)C1. The van der Waals surface area contributed by atoms with Crippen LogP contribution in [0.15, 0.2) is 67.0 Å². The number of aromatic carboxylic acids is 1. The molecule has 1 N–H and O–H groups in total. The molecule has 3 heterocycles. The van der Waals surface area contributed by atoms with Crippen LogP contribution >= 0.6 is 11.6 Å². The van der Waals surface area contributed by atoms with Gasteiger partial charge in [-0.2, -0.15) is 4.68 Å². The Balaban J connectivity index is 1.39. The zero-order valence-corrected chi connectivity index (χ0v) is 26.7. The number of anilines is 2. The summed E-state index contributed by atoms with van der Waals surface area (Å²) in [4.78, 5) is 59.2. The molecule has 0 radical (unpaired) electrons. The highest BCUT2D eigenvalue weighted by Crippen LogP contribution is 2.38. The average Bonchev–Trinajstić information content (AvgIpc) is 3.62. The third-order valence-electron chi connectivity index (χ3n) is 8.55. The van der Waals surface area contributed by atoms with Gasteiger partial charge >= 0.3 is 5.97 Å². The number of hydrogen-bond acceptors (Lipinski definition) is 8. The van der Waals surface area contributed by atoms with Crippen LogP contribution in [-0.4, -0.2) is 99.1 Å². The number of likely N-dealkylation sites (N-methyl/N-ethyl adjacent to an activating group) is 2. The van der Waals surface area contributed by atoms with E-state index in [2.05, 4.69) is 15.5 Å². The monoisotopic (exact) mass is 672 g/mol. The van der Waals surface area contributed by atoms with E-state index in [1.54, 1.807) is 24.1 Å². The second kappa shape index (κ2) is 13.3. The minimum absolute atomic E-state index is 0.0325. The highest BCUT2D eigenvalue weighted by Gasteiger charge is 2.39. The Morgan fingerprint density at radius 1 is 1.04 bits per heavy atom. The quantitative estimate of drug-likeness (QED) is 0.293. The van der Waals surface area contributed by atoms with Gasteiger partial charge in [-0.3, -0.25) is 19.3 Å². The van der Waals surface area contributed by atoms with Crippen LogP contribution in [0, 0.1) is 5.82 Å². The molecule has 2 aliphatic rings. The van der Waals surface area contributed by atoms with Crippen LogP contribution in [0.25, 0.3) is 11.8 Å². The Kier molecular flexibility index (Phi) is 9.02. The van der Waals surface area contributed by atoms with Crippen molar-refractivity contribution < 1.29 is 28.7 Å². The number of carbonyl (C=O) groups excluding carboxylic acids is 3. The van der Waals surface area contributed by atoms with Crippen LogP contribution in [0.4, 0.5) is 15.8 Å². The lowest BCUT2D eigenvalue weighted by atomic mass is 9.89. The number of fused-ring (bicyclic) bond motifs is 1. The highest BCUT2D eigenvalue weighted by molar-refractivity contribution is 6.31. The Hall–Kier alpha value is -5.47. The minimum Gasteiger partial charge on any atom is -0.478 e. The second-order valence-corrected chi connectivity index (χ2v) is 11.9. The number of nitrogens with zero attached hydrogens (tertiary/aromatic N) is 8. The zero-order chi connectivity index (χ0) is 34.1. The van der Waals surface area contributed by atoms with Crippen molar-refractivity contribution in [3.05, 3.63) is 100 Å². The summed E-state index contributed by atoms with van der Waals surface area (Å²) in [6.45, 7) is 1.52. The first kappa shape index (κ1) is 32.5. The van der Waals surface area contributed by atoms with E-state index in [4.69, 9.17) is 11.6 Å². The summed E-state index contributed by atoms with van der Waals surface area (Å²) in [6.07, 6.45) is 4.07. The average molecular weight is 673 g/mol. The Bertz CT molecular complexity index is 1930. The number of piperazine rings is 1. The maximum atomic E-state index is 15.3. The van der Waals surface area contributed by atoms with Crippen LogP contribution < -0.4 is 9.80 Å². The van der Waals surface area contributed by atoms with Crippen molar-refractivity contribution in [1.82, 2.24) is 30.0 Å². The number of benzene rings is 3. The lowest BCUT2D eigenvalue weighted by molar-refractivity contribution is -0.136. The molecule has 4 aromatic rings. The van der Waals surface area contributed by atoms with Crippen LogP contribution in [0.5, 0.6) is 0 Å². The lowest BCUT2D eigenvalue weighted by Gasteiger charge is -2.40. The number of tetrazole rings is 1. The molecule has 1 unspecified atom stereocenters. The number of aromatic nitrogens is 4. The Morgan fingerprint density at radius 3 is 2.50 bits per heavy atom. The molecule has 0 bridgehead atoms. The Morgan fingerprint density at radius 2 is 1.81 bits per heavy atom. The summed E-state index contributed by atoms with van der Waals surface area (Å²) in [5.41, 5.74) is 2.70. The summed E-state index contributed by atoms with van der Waals surface area (Å²) in [6, 6.07) is 12.9. The predicted molar refractivity (Wildman–Crippen MR) is 174 cm³/mol. The van der Waals surface area contributed by atoms with E-state index >= 15 is 4.39 Å². The number of carboxylic acid groups (broad SMARTS) is 1. The van der Waals surface area contributed by atoms with E-state index in [9.17, 15) is 24.3 Å². The van der Waals surface area contributed by atoms with Gasteiger partial charge < -0.3 is 19.8 Å². The van der Waals surface area contributed by atoms with Crippen LogP contribution in [0.2, 0.25) is 5.02 Å². The van der Waals surface area contributed by atoms with Crippen molar-refractivity contribution in [3.8, 4) is 5.69 Å². The van der Waals surface area contributed by atoms with Crippen molar-refractivity contribution in [2.45, 2.75) is 12.5 Å². The number of carboxylic acids is 1. The number of amides is 3. The summed E-state index contributed by atoms with van der Waals surface area (Å²) in [5, 5.41) is 20.2. The fraction of sp³-hybridized carbons (Fsp3) is 0.242. The first-order valence-electron chi connectivity index (χ1n) is 15.0. The number of halogens is 2. The Labute approximate surface area is 279 Å². The van der Waals surface area contributed by atoms with E-state index in [1.807, 2.05) is 18.0 Å². The molecule has 3 amide bonds. The van der Waals surface area contributed by atoms with Crippen molar-refractivity contribution in [3.63, 3.8) is 0 Å². The zero-order valence-electron chi connectivity index (χ0n) is 26.0. The maximum Gasteiger partial charge on any atom is 0.335 e. The topological polar surface area (TPSA) is 145 Å². The van der Waals surface area contributed by atoms with Gasteiger partial charge in [0.05, 0.1) is 22.8 Å². The third kappa shape index (κ3) is 6.14. The largest absolute Gasteiger partial charge is 0.478 e. The molecule has 1 saturated heterocycles. The fourth-order valence-electron chi connectivity index (χ4n) is 6.03. The van der Waals surface area contributed by atoms with Crippen molar-refractivity contribution in [2.24, 2.45) is 0 Å². The van der Waals surface area contributed by atoms with Gasteiger partial charge in [0.25, 0.3) is 5.91 Å². The van der Waals surface area contributed by atoms with Gasteiger partial charge in [0.15, 0.2) is 5.82 Å². The fourth-order valence-corrected chi connectivity index (χ4v) is 6.19. The molecule has 0 spiro atoms. The van der Waals surface area contributed by atoms with Crippen molar-refractivity contribution >= 4 is 52.7 Å². The first-order chi connectivity index (χ1) is 23.0. The normalized spacial score (nSPS) is 16.7. The van der Waals surface area contributed by atoms with Crippen LogP contribution in [-0.2, 0) is 20.8 Å². The molecule has 48 heavy (non-hydrogen) atoms. The van der Waals surface area contributed by atoms with Crippen molar-refractivity contribution in [2.75, 3.05) is 50.1 Å². The molecule has 6 rings (SSSR count). The molecular formula is C33H30ClFN8O5. The summed E-state index contributed by atoms with van der Waals surface area (Å²) < 4.78 is 16.5. The maximum absolute atomic E-state index is 15.3. The molecule has 1 atom stereocenters. The molecule has 15 heteroatoms. The molecule has 3 aromatic carbocycles. The van der Waals surface area contributed by atoms with E-state index in [-0.39, 0.29) is 40.8 Å². The smallest absolute Gasteiger partial charge is 0.335 e. The van der Waals surface area contributed by atoms with Gasteiger partial charge in [-0.25, -0.2) is 9.18 Å². The lowest BCUT2D eigenvalue weighted by Crippen LogP contribution is -2.50. The third-order valence-corrected chi connectivity index (χ3v) is 8.84. The molecule has 0 saturated carbocycles. The first-order valence-corrected chi connectivity index (χ1v) is 15.3. The van der Waals surface area contributed by atoms with Crippen LogP contribution in [0.1, 0.15) is 33.1 Å². The standard InChI is InChI=1S/C33H30ClFN8O5/c1-39-16-17-41(29(45)18-39)26-5-3-4-23-22(26)14-15-42(31(23)32(46)40(2)21-8-6-20(7-9-21)33(47)48)28(44)13-10-24-27(43-19-36-37-38-43)12-11-25(34)30(24)35/h3-13,19,31H,14-18H2,1-2H3,(H,47,48)/b13-10+. The van der Waals surface area contributed by atoms with E-state index in [0.717, 1.165) is 5.56 Å². The van der Waals surface area contributed by atoms with Gasteiger partial charge in [-0.05, 0) is 83.6 Å². The summed E-state index contributed by atoms with van der Waals surface area (Å²) in [5.74, 6) is -3.00.